The number of anilines is 2. The number of aryl methyl sites for hydroxylation is 1. The predicted octanol–water partition coefficient (Wildman–Crippen LogP) is 6.20. The molecule has 0 aliphatic heterocycles. The lowest BCUT2D eigenvalue weighted by molar-refractivity contribution is -0.138. The first-order chi connectivity index (χ1) is 19.4. The van der Waals surface area contributed by atoms with Gasteiger partial charge in [0.2, 0.25) is 12.2 Å². The standard InChI is InChI=1S/C29H20F6N4O2/c1-38-17-25(37-26(38)27(41)36-16-4-5-19-8-12-21(13-9-19)28(30,31)32)39(18-40)24-7-3-2-6-23(24)20-10-14-22(15-11-20)29(33,34)35/h2-3,6-15,17-18H,16H2,1H3,(H,36,41). The fourth-order valence-corrected chi connectivity index (χ4v) is 3.87. The number of aromatic nitrogens is 2. The molecule has 4 rings (SSSR count). The van der Waals surface area contributed by atoms with E-state index in [-0.39, 0.29) is 18.2 Å². The third kappa shape index (κ3) is 6.75. The minimum absolute atomic E-state index is 0.0600. The summed E-state index contributed by atoms with van der Waals surface area (Å²) in [7, 11) is 1.53. The summed E-state index contributed by atoms with van der Waals surface area (Å²) in [6, 6.07) is 15.3. The van der Waals surface area contributed by atoms with Crippen LogP contribution in [0, 0.1) is 11.8 Å². The maximum absolute atomic E-state index is 13.0. The van der Waals surface area contributed by atoms with Gasteiger partial charge in [0, 0.05) is 24.4 Å². The van der Waals surface area contributed by atoms with Crippen LogP contribution < -0.4 is 10.2 Å². The normalized spacial score (nSPS) is 11.4. The lowest BCUT2D eigenvalue weighted by Crippen LogP contribution is -2.26. The summed E-state index contributed by atoms with van der Waals surface area (Å²) >= 11 is 0. The van der Waals surface area contributed by atoms with Crippen LogP contribution in [-0.2, 0) is 24.2 Å². The van der Waals surface area contributed by atoms with Gasteiger partial charge < -0.3 is 9.88 Å². The van der Waals surface area contributed by atoms with Crippen molar-refractivity contribution in [2.45, 2.75) is 12.4 Å². The van der Waals surface area contributed by atoms with Crippen LogP contribution in [-0.4, -0.2) is 28.4 Å². The Hall–Kier alpha value is -5.05. The van der Waals surface area contributed by atoms with Gasteiger partial charge in [0.1, 0.15) is 0 Å². The van der Waals surface area contributed by atoms with Gasteiger partial charge in [0.25, 0.3) is 5.91 Å². The molecule has 12 heteroatoms. The molecule has 210 valence electrons. The van der Waals surface area contributed by atoms with Crippen LogP contribution in [0.2, 0.25) is 0 Å². The second-order valence-electron chi connectivity index (χ2n) is 8.66. The summed E-state index contributed by atoms with van der Waals surface area (Å²) in [5.74, 6) is 4.71. The second-order valence-corrected chi connectivity index (χ2v) is 8.66. The van der Waals surface area contributed by atoms with E-state index in [1.165, 1.54) is 42.1 Å². The summed E-state index contributed by atoms with van der Waals surface area (Å²) in [6.45, 7) is -0.129. The molecule has 0 spiro atoms. The minimum Gasteiger partial charge on any atom is -0.338 e. The topological polar surface area (TPSA) is 67.2 Å². The van der Waals surface area contributed by atoms with Crippen LogP contribution >= 0.6 is 0 Å². The van der Waals surface area contributed by atoms with Crippen molar-refractivity contribution >= 4 is 23.8 Å². The number of benzene rings is 3. The van der Waals surface area contributed by atoms with E-state index >= 15 is 0 Å². The number of imidazole rings is 1. The molecule has 0 bridgehead atoms. The third-order valence-electron chi connectivity index (χ3n) is 5.89. The molecule has 6 nitrogen and oxygen atoms in total. The Labute approximate surface area is 230 Å². The van der Waals surface area contributed by atoms with Gasteiger partial charge in [0.05, 0.1) is 23.4 Å². The Kier molecular flexibility index (Phi) is 8.18. The molecule has 0 unspecified atom stereocenters. The van der Waals surface area contributed by atoms with E-state index in [2.05, 4.69) is 22.1 Å². The second kappa shape index (κ2) is 11.6. The zero-order chi connectivity index (χ0) is 29.8. The van der Waals surface area contributed by atoms with E-state index in [4.69, 9.17) is 0 Å². The van der Waals surface area contributed by atoms with Gasteiger partial charge in [-0.3, -0.25) is 14.5 Å². The third-order valence-corrected chi connectivity index (χ3v) is 5.89. The zero-order valence-corrected chi connectivity index (χ0v) is 21.2. The highest BCUT2D eigenvalue weighted by Crippen LogP contribution is 2.36. The maximum atomic E-state index is 13.0. The van der Waals surface area contributed by atoms with Crippen molar-refractivity contribution in [1.29, 1.82) is 0 Å². The van der Waals surface area contributed by atoms with E-state index in [9.17, 15) is 35.9 Å². The van der Waals surface area contributed by atoms with Crippen molar-refractivity contribution in [3.05, 3.63) is 102 Å². The van der Waals surface area contributed by atoms with Gasteiger partial charge in [0.15, 0.2) is 5.82 Å². The highest BCUT2D eigenvalue weighted by Gasteiger charge is 2.31. The van der Waals surface area contributed by atoms with Gasteiger partial charge in [-0.05, 0) is 48.0 Å². The summed E-state index contributed by atoms with van der Waals surface area (Å²) in [6.07, 6.45) is -7.04. The number of carbonyl (C=O) groups excluding carboxylic acids is 2. The Morgan fingerprint density at radius 3 is 2.10 bits per heavy atom. The van der Waals surface area contributed by atoms with Crippen molar-refractivity contribution in [3.63, 3.8) is 0 Å². The minimum atomic E-state index is -4.49. The van der Waals surface area contributed by atoms with Crippen molar-refractivity contribution < 1.29 is 35.9 Å². The summed E-state index contributed by atoms with van der Waals surface area (Å²) in [5, 5.41) is 2.54. The van der Waals surface area contributed by atoms with E-state index in [0.717, 1.165) is 29.2 Å². The van der Waals surface area contributed by atoms with Gasteiger partial charge in [-0.15, -0.1) is 0 Å². The molecular formula is C29H20F6N4O2. The van der Waals surface area contributed by atoms with Crippen molar-refractivity contribution in [2.24, 2.45) is 7.05 Å². The predicted molar refractivity (Wildman–Crippen MR) is 139 cm³/mol. The number of alkyl halides is 6. The van der Waals surface area contributed by atoms with Crippen LogP contribution in [0.4, 0.5) is 37.8 Å². The van der Waals surface area contributed by atoms with Crippen LogP contribution in [0.5, 0.6) is 0 Å². The summed E-state index contributed by atoms with van der Waals surface area (Å²) < 4.78 is 78.4. The van der Waals surface area contributed by atoms with Gasteiger partial charge in [-0.2, -0.15) is 26.3 Å². The molecule has 0 atom stereocenters. The van der Waals surface area contributed by atoms with E-state index < -0.39 is 29.4 Å². The van der Waals surface area contributed by atoms with Crippen LogP contribution in [0.1, 0.15) is 27.3 Å². The van der Waals surface area contributed by atoms with Crippen LogP contribution in [0.15, 0.2) is 79.0 Å². The highest BCUT2D eigenvalue weighted by molar-refractivity contribution is 5.95. The average molecular weight is 570 g/mol. The molecule has 0 aliphatic rings. The number of nitrogens with zero attached hydrogens (tertiary/aromatic N) is 3. The van der Waals surface area contributed by atoms with E-state index in [0.29, 0.717) is 28.8 Å². The molecule has 1 N–H and O–H groups in total. The SMILES string of the molecule is Cn1cc(N(C=O)c2ccccc2-c2ccc(C(F)(F)F)cc2)nc1C(=O)NCC#Cc1ccc(C(F)(F)F)cc1. The molecule has 0 saturated heterocycles. The molecule has 1 aromatic heterocycles. The molecule has 1 heterocycles. The quantitative estimate of drug-likeness (QED) is 0.171. The Morgan fingerprint density at radius 1 is 0.927 bits per heavy atom. The first-order valence-corrected chi connectivity index (χ1v) is 11.9. The molecule has 0 saturated carbocycles. The average Bonchev–Trinajstić information content (AvgIpc) is 3.32. The fraction of sp³-hybridized carbons (Fsp3) is 0.138. The van der Waals surface area contributed by atoms with Crippen molar-refractivity contribution in [2.75, 3.05) is 11.4 Å². The molecule has 2 amide bonds. The summed E-state index contributed by atoms with van der Waals surface area (Å²) in [4.78, 5) is 30.3. The van der Waals surface area contributed by atoms with Gasteiger partial charge >= 0.3 is 12.4 Å². The first kappa shape index (κ1) is 28.9. The zero-order valence-electron chi connectivity index (χ0n) is 21.2. The smallest absolute Gasteiger partial charge is 0.338 e. The lowest BCUT2D eigenvalue weighted by atomic mass is 10.0. The number of para-hydroxylation sites is 1. The molecule has 41 heavy (non-hydrogen) atoms. The fourth-order valence-electron chi connectivity index (χ4n) is 3.87. The highest BCUT2D eigenvalue weighted by atomic mass is 19.4. The number of carbonyl (C=O) groups is 2. The van der Waals surface area contributed by atoms with Gasteiger partial charge in [-0.1, -0.05) is 42.2 Å². The monoisotopic (exact) mass is 570 g/mol. The van der Waals surface area contributed by atoms with E-state index in [1.54, 1.807) is 24.3 Å². The largest absolute Gasteiger partial charge is 0.416 e. The molecule has 0 aliphatic carbocycles. The van der Waals surface area contributed by atoms with Crippen LogP contribution in [0.25, 0.3) is 11.1 Å². The Morgan fingerprint density at radius 2 is 1.51 bits per heavy atom. The Bertz CT molecular complexity index is 1610. The number of amides is 2. The van der Waals surface area contributed by atoms with Gasteiger partial charge in [-0.25, -0.2) is 4.98 Å². The molecule has 0 fully saturated rings. The first-order valence-electron chi connectivity index (χ1n) is 11.9. The number of hydrogen-bond donors (Lipinski definition) is 1. The number of nitrogens with one attached hydrogen (secondary N) is 1. The molecular weight excluding hydrogens is 550 g/mol. The number of hydrogen-bond acceptors (Lipinski definition) is 3. The maximum Gasteiger partial charge on any atom is 0.416 e. The van der Waals surface area contributed by atoms with Crippen LogP contribution in [0.3, 0.4) is 0 Å². The lowest BCUT2D eigenvalue weighted by Gasteiger charge is -2.19. The number of halogens is 6. The molecule has 4 aromatic rings. The molecule has 0 radical (unpaired) electrons. The van der Waals surface area contributed by atoms with E-state index in [1.807, 2.05) is 0 Å². The number of rotatable bonds is 6. The summed E-state index contributed by atoms with van der Waals surface area (Å²) in [5.41, 5.74) is -0.0530. The Balaban J connectivity index is 1.50. The van der Waals surface area contributed by atoms with Crippen molar-refractivity contribution in [1.82, 2.24) is 14.9 Å². The van der Waals surface area contributed by atoms with Crippen molar-refractivity contribution in [3.8, 4) is 23.0 Å². The molecule has 3 aromatic carbocycles.